The van der Waals surface area contributed by atoms with Crippen LogP contribution in [-0.2, 0) is 14.3 Å². The zero-order chi connectivity index (χ0) is 20.8. The van der Waals surface area contributed by atoms with E-state index >= 15 is 0 Å². The molecule has 2 heterocycles. The number of benzene rings is 1. The van der Waals surface area contributed by atoms with Crippen LogP contribution in [0.1, 0.15) is 17.4 Å². The largest absolute Gasteiger partial charge is 0.491 e. The number of nitrogens with zero attached hydrogens (tertiary/aromatic N) is 2. The number of hydrogen-bond donors (Lipinski definition) is 2. The predicted octanol–water partition coefficient (Wildman–Crippen LogP) is 3.33. The third-order valence-electron chi connectivity index (χ3n) is 3.68. The number of carbonyl (C=O) groups excluding carboxylic acids is 2. The third-order valence-corrected chi connectivity index (χ3v) is 5.45. The van der Waals surface area contributed by atoms with Gasteiger partial charge < -0.3 is 20.1 Å². The molecule has 0 atom stereocenters. The summed E-state index contributed by atoms with van der Waals surface area (Å²) in [5.74, 6) is 0.333. The number of aliphatic imine (C=N–C) groups is 1. The van der Waals surface area contributed by atoms with Gasteiger partial charge in [-0.15, -0.1) is 0 Å². The van der Waals surface area contributed by atoms with Gasteiger partial charge in [-0.25, -0.2) is 9.98 Å². The Morgan fingerprint density at radius 2 is 2.21 bits per heavy atom. The van der Waals surface area contributed by atoms with E-state index in [-0.39, 0.29) is 11.8 Å². The highest BCUT2D eigenvalue weighted by Gasteiger charge is 2.24. The van der Waals surface area contributed by atoms with E-state index in [0.717, 1.165) is 21.9 Å². The highest BCUT2D eigenvalue weighted by Crippen LogP contribution is 2.31. The monoisotopic (exact) mass is 432 g/mol. The molecule has 152 valence electrons. The zero-order valence-corrected chi connectivity index (χ0v) is 17.8. The molecular formula is C19H20N4O4S2. The standard InChI is InChI=1S/C19H20N4O4S2/c1-11-8-13(27-7-6-26-3)4-5-15(11)22-19-23-17(25)16(29-19)9-14-10-20-18(28-14)21-12(2)24/h4-5,8-10H,6-7H2,1-3H3,(H,20,21,24)(H,22,23,25)/b16-9-. The number of anilines is 1. The summed E-state index contributed by atoms with van der Waals surface area (Å²) in [6, 6.07) is 5.58. The lowest BCUT2D eigenvalue weighted by atomic mass is 10.2. The molecule has 0 aliphatic carbocycles. The lowest BCUT2D eigenvalue weighted by Crippen LogP contribution is -2.19. The second-order valence-electron chi connectivity index (χ2n) is 6.02. The average Bonchev–Trinajstić information content (AvgIpc) is 3.23. The summed E-state index contributed by atoms with van der Waals surface area (Å²) in [6.45, 7) is 4.35. The second kappa shape index (κ2) is 9.68. The Balaban J connectivity index is 1.70. The van der Waals surface area contributed by atoms with Crippen molar-refractivity contribution in [3.05, 3.63) is 39.7 Å². The van der Waals surface area contributed by atoms with Crippen molar-refractivity contribution >= 4 is 57.0 Å². The van der Waals surface area contributed by atoms with E-state index in [1.165, 1.54) is 30.0 Å². The van der Waals surface area contributed by atoms with Crippen LogP contribution in [0.5, 0.6) is 5.75 Å². The summed E-state index contributed by atoms with van der Waals surface area (Å²) in [7, 11) is 1.63. The number of nitrogens with one attached hydrogen (secondary N) is 2. The first-order valence-electron chi connectivity index (χ1n) is 8.70. The van der Waals surface area contributed by atoms with Gasteiger partial charge in [0.1, 0.15) is 12.4 Å². The fraction of sp³-hybridized carbons (Fsp3) is 0.263. The van der Waals surface area contributed by atoms with Gasteiger partial charge >= 0.3 is 0 Å². The molecule has 1 aliphatic rings. The minimum Gasteiger partial charge on any atom is -0.491 e. The Hall–Kier alpha value is -2.69. The van der Waals surface area contributed by atoms with Crippen molar-refractivity contribution in [2.75, 3.05) is 25.6 Å². The molecule has 1 saturated heterocycles. The molecule has 1 aromatic heterocycles. The molecule has 29 heavy (non-hydrogen) atoms. The van der Waals surface area contributed by atoms with Gasteiger partial charge in [0.25, 0.3) is 5.91 Å². The van der Waals surface area contributed by atoms with Crippen molar-refractivity contribution in [3.63, 3.8) is 0 Å². The van der Waals surface area contributed by atoms with E-state index in [0.29, 0.717) is 28.4 Å². The van der Waals surface area contributed by atoms with Gasteiger partial charge in [0.05, 0.1) is 22.1 Å². The molecule has 8 nitrogen and oxygen atoms in total. The lowest BCUT2D eigenvalue weighted by molar-refractivity contribution is -0.115. The highest BCUT2D eigenvalue weighted by molar-refractivity contribution is 8.18. The van der Waals surface area contributed by atoms with Gasteiger partial charge in [0, 0.05) is 20.2 Å². The van der Waals surface area contributed by atoms with Crippen molar-refractivity contribution in [1.82, 2.24) is 10.3 Å². The number of methoxy groups -OCH3 is 1. The number of thioether (sulfide) groups is 1. The van der Waals surface area contributed by atoms with Gasteiger partial charge in [-0.05, 0) is 48.5 Å². The Labute approximate surface area is 176 Å². The second-order valence-corrected chi connectivity index (χ2v) is 8.11. The Morgan fingerprint density at radius 3 is 2.93 bits per heavy atom. The number of rotatable bonds is 7. The van der Waals surface area contributed by atoms with Gasteiger partial charge in [0.2, 0.25) is 5.91 Å². The summed E-state index contributed by atoms with van der Waals surface area (Å²) in [6.07, 6.45) is 3.34. The minimum absolute atomic E-state index is 0.188. The fourth-order valence-electron chi connectivity index (χ4n) is 2.37. The van der Waals surface area contributed by atoms with Crippen LogP contribution in [0.2, 0.25) is 0 Å². The molecule has 2 N–H and O–H groups in total. The molecule has 1 fully saturated rings. The number of ether oxygens (including phenoxy) is 2. The number of amides is 2. The Kier molecular flexibility index (Phi) is 7.02. The van der Waals surface area contributed by atoms with Crippen LogP contribution in [0, 0.1) is 6.92 Å². The summed E-state index contributed by atoms with van der Waals surface area (Å²) in [4.78, 5) is 33.3. The summed E-state index contributed by atoms with van der Waals surface area (Å²) in [5.41, 5.74) is 1.68. The quantitative estimate of drug-likeness (QED) is 0.514. The first kappa shape index (κ1) is 21.0. The van der Waals surface area contributed by atoms with Crippen molar-refractivity contribution < 1.29 is 19.1 Å². The number of amidine groups is 1. The van der Waals surface area contributed by atoms with Crippen molar-refractivity contribution in [1.29, 1.82) is 0 Å². The van der Waals surface area contributed by atoms with E-state index in [1.807, 2.05) is 25.1 Å². The molecule has 0 unspecified atom stereocenters. The van der Waals surface area contributed by atoms with Crippen LogP contribution in [0.15, 0.2) is 34.3 Å². The van der Waals surface area contributed by atoms with Crippen LogP contribution in [0.3, 0.4) is 0 Å². The molecule has 2 amide bonds. The van der Waals surface area contributed by atoms with Crippen LogP contribution in [0.25, 0.3) is 6.08 Å². The average molecular weight is 433 g/mol. The smallest absolute Gasteiger partial charge is 0.264 e. The number of aromatic nitrogens is 1. The van der Waals surface area contributed by atoms with E-state index in [1.54, 1.807) is 19.4 Å². The lowest BCUT2D eigenvalue weighted by Gasteiger charge is -2.08. The summed E-state index contributed by atoms with van der Waals surface area (Å²) in [5, 5.41) is 6.38. The molecule has 3 rings (SSSR count). The maximum Gasteiger partial charge on any atom is 0.264 e. The number of thiazole rings is 1. The summed E-state index contributed by atoms with van der Waals surface area (Å²) < 4.78 is 10.6. The van der Waals surface area contributed by atoms with Crippen LogP contribution < -0.4 is 15.4 Å². The maximum absolute atomic E-state index is 12.3. The summed E-state index contributed by atoms with van der Waals surface area (Å²) >= 11 is 2.55. The van der Waals surface area contributed by atoms with Crippen LogP contribution in [-0.4, -0.2) is 42.3 Å². The molecule has 2 aromatic rings. The number of hydrogen-bond acceptors (Lipinski definition) is 8. The van der Waals surface area contributed by atoms with E-state index in [9.17, 15) is 9.59 Å². The van der Waals surface area contributed by atoms with E-state index < -0.39 is 0 Å². The first-order chi connectivity index (χ1) is 13.9. The van der Waals surface area contributed by atoms with Gasteiger partial charge in [-0.3, -0.25) is 9.59 Å². The predicted molar refractivity (Wildman–Crippen MR) is 116 cm³/mol. The Bertz CT molecular complexity index is 984. The van der Waals surface area contributed by atoms with Crippen LogP contribution >= 0.6 is 23.1 Å². The zero-order valence-electron chi connectivity index (χ0n) is 16.1. The molecular weight excluding hydrogens is 412 g/mol. The normalized spacial score (nSPS) is 16.3. The molecule has 0 spiro atoms. The Morgan fingerprint density at radius 1 is 1.38 bits per heavy atom. The van der Waals surface area contributed by atoms with E-state index in [2.05, 4.69) is 20.6 Å². The van der Waals surface area contributed by atoms with Crippen molar-refractivity contribution in [3.8, 4) is 5.75 Å². The first-order valence-corrected chi connectivity index (χ1v) is 10.3. The molecule has 1 aliphatic heterocycles. The van der Waals surface area contributed by atoms with Gasteiger partial charge in [-0.2, -0.15) is 0 Å². The minimum atomic E-state index is -0.222. The highest BCUT2D eigenvalue weighted by atomic mass is 32.2. The number of aryl methyl sites for hydroxylation is 1. The van der Waals surface area contributed by atoms with E-state index in [4.69, 9.17) is 9.47 Å². The topological polar surface area (TPSA) is 102 Å². The van der Waals surface area contributed by atoms with Crippen molar-refractivity contribution in [2.24, 2.45) is 4.99 Å². The van der Waals surface area contributed by atoms with Crippen molar-refractivity contribution in [2.45, 2.75) is 13.8 Å². The molecule has 0 bridgehead atoms. The van der Waals surface area contributed by atoms with Gasteiger partial charge in [0.15, 0.2) is 10.3 Å². The third kappa shape index (κ3) is 5.89. The molecule has 10 heteroatoms. The molecule has 1 aromatic carbocycles. The molecule has 0 saturated carbocycles. The van der Waals surface area contributed by atoms with Crippen LogP contribution in [0.4, 0.5) is 10.8 Å². The fourth-order valence-corrected chi connectivity index (χ4v) is 4.07. The molecule has 0 radical (unpaired) electrons. The van der Waals surface area contributed by atoms with Gasteiger partial charge in [-0.1, -0.05) is 11.3 Å². The maximum atomic E-state index is 12.3. The SMILES string of the molecule is COCCOc1ccc(N=C2NC(=O)/C(=C/c3cnc(NC(C)=O)s3)S2)c(C)c1. The number of carbonyl (C=O) groups is 2.